The Morgan fingerprint density at radius 2 is 2.05 bits per heavy atom. The van der Waals surface area contributed by atoms with Gasteiger partial charge in [0.25, 0.3) is 5.91 Å². The van der Waals surface area contributed by atoms with Crippen molar-refractivity contribution in [3.8, 4) is 12.1 Å². The maximum absolute atomic E-state index is 11.8. The van der Waals surface area contributed by atoms with Crippen molar-refractivity contribution >= 4 is 17.5 Å². The van der Waals surface area contributed by atoms with Gasteiger partial charge in [0.2, 0.25) is 5.91 Å². The van der Waals surface area contributed by atoms with Crippen LogP contribution in [0.1, 0.15) is 33.1 Å². The Labute approximate surface area is 110 Å². The van der Waals surface area contributed by atoms with Crippen molar-refractivity contribution in [2.75, 3.05) is 0 Å². The van der Waals surface area contributed by atoms with Crippen LogP contribution in [0.2, 0.25) is 0 Å². The minimum Gasteiger partial charge on any atom is -0.288 e. The molecule has 0 aromatic heterocycles. The van der Waals surface area contributed by atoms with E-state index in [1.807, 2.05) is 0 Å². The van der Waals surface area contributed by atoms with Crippen LogP contribution in [-0.4, -0.2) is 28.2 Å². The third-order valence-electron chi connectivity index (χ3n) is 2.52. The first-order chi connectivity index (χ1) is 8.92. The summed E-state index contributed by atoms with van der Waals surface area (Å²) >= 11 is 0. The molecule has 0 aromatic carbocycles. The summed E-state index contributed by atoms with van der Waals surface area (Å²) in [7, 11) is 0. The first-order valence-electron chi connectivity index (χ1n) is 5.60. The zero-order valence-electron chi connectivity index (χ0n) is 10.7. The Morgan fingerprint density at radius 3 is 2.63 bits per heavy atom. The fraction of sp³-hybridized carbons (Fsp3) is 0.545. The normalized spacial score (nSPS) is 21.3. The van der Waals surface area contributed by atoms with Crippen molar-refractivity contribution in [3.63, 3.8) is 0 Å². The van der Waals surface area contributed by atoms with Crippen molar-refractivity contribution in [2.45, 2.75) is 38.8 Å². The van der Waals surface area contributed by atoms with Crippen LogP contribution >= 0.6 is 0 Å². The van der Waals surface area contributed by atoms with Crippen LogP contribution < -0.4 is 10.9 Å². The summed E-state index contributed by atoms with van der Waals surface area (Å²) < 4.78 is 0. The molecular formula is C11H14N6O2. The van der Waals surface area contributed by atoms with Gasteiger partial charge in [-0.1, -0.05) is 0 Å². The SMILES string of the molecule is CC1=NN(C(=O)CC#N)C(C)(NNC(=O)CC#N)C1. The maximum atomic E-state index is 11.8. The van der Waals surface area contributed by atoms with Crippen molar-refractivity contribution in [3.05, 3.63) is 0 Å². The maximum Gasteiger partial charge on any atom is 0.258 e. The summed E-state index contributed by atoms with van der Waals surface area (Å²) in [4.78, 5) is 23.0. The molecule has 0 radical (unpaired) electrons. The van der Waals surface area contributed by atoms with Crippen LogP contribution in [0.4, 0.5) is 0 Å². The Hall–Kier alpha value is -2.45. The number of hydrazone groups is 1. The summed E-state index contributed by atoms with van der Waals surface area (Å²) in [5.41, 5.74) is 4.82. The summed E-state index contributed by atoms with van der Waals surface area (Å²) in [6, 6.07) is 3.48. The van der Waals surface area contributed by atoms with Crippen molar-refractivity contribution in [1.82, 2.24) is 15.9 Å². The largest absolute Gasteiger partial charge is 0.288 e. The van der Waals surface area contributed by atoms with Gasteiger partial charge < -0.3 is 0 Å². The van der Waals surface area contributed by atoms with E-state index in [2.05, 4.69) is 16.0 Å². The van der Waals surface area contributed by atoms with Crippen LogP contribution in [0.3, 0.4) is 0 Å². The number of nitrogens with zero attached hydrogens (tertiary/aromatic N) is 4. The second-order valence-electron chi connectivity index (χ2n) is 4.33. The van der Waals surface area contributed by atoms with Crippen molar-refractivity contribution in [2.24, 2.45) is 5.10 Å². The monoisotopic (exact) mass is 262 g/mol. The van der Waals surface area contributed by atoms with Crippen LogP contribution in [0.25, 0.3) is 0 Å². The van der Waals surface area contributed by atoms with E-state index in [0.29, 0.717) is 12.1 Å². The number of carbonyl (C=O) groups excluding carboxylic acids is 2. The Balaban J connectivity index is 2.74. The minimum absolute atomic E-state index is 0.283. The molecule has 0 saturated carbocycles. The number of nitriles is 2. The van der Waals surface area contributed by atoms with E-state index in [0.717, 1.165) is 5.01 Å². The number of amides is 2. The van der Waals surface area contributed by atoms with E-state index < -0.39 is 17.5 Å². The molecule has 0 saturated heterocycles. The quantitative estimate of drug-likeness (QED) is 0.677. The van der Waals surface area contributed by atoms with Gasteiger partial charge in [0, 0.05) is 12.1 Å². The van der Waals surface area contributed by atoms with Crippen molar-refractivity contribution < 1.29 is 9.59 Å². The zero-order chi connectivity index (χ0) is 14.5. The highest BCUT2D eigenvalue weighted by molar-refractivity contribution is 5.89. The van der Waals surface area contributed by atoms with Gasteiger partial charge in [-0.15, -0.1) is 0 Å². The molecule has 1 unspecified atom stereocenters. The number of hydrazine groups is 1. The smallest absolute Gasteiger partial charge is 0.258 e. The molecule has 1 heterocycles. The average Bonchev–Trinajstić information content (AvgIpc) is 2.64. The molecular weight excluding hydrogens is 248 g/mol. The van der Waals surface area contributed by atoms with E-state index in [-0.39, 0.29) is 12.8 Å². The number of hydrogen-bond acceptors (Lipinski definition) is 6. The summed E-state index contributed by atoms with van der Waals surface area (Å²) in [6.07, 6.45) is -0.160. The lowest BCUT2D eigenvalue weighted by atomic mass is 10.1. The second-order valence-corrected chi connectivity index (χ2v) is 4.33. The average molecular weight is 262 g/mol. The third kappa shape index (κ3) is 3.50. The number of nitrogens with one attached hydrogen (secondary N) is 2. The summed E-state index contributed by atoms with van der Waals surface area (Å²) in [5.74, 6) is -0.954. The molecule has 8 nitrogen and oxygen atoms in total. The molecule has 0 aromatic rings. The molecule has 1 aliphatic heterocycles. The second kappa shape index (κ2) is 5.94. The Bertz CT molecular complexity index is 500. The van der Waals surface area contributed by atoms with Crippen LogP contribution in [0.15, 0.2) is 5.10 Å². The first kappa shape index (κ1) is 14.6. The molecule has 1 rings (SSSR count). The third-order valence-corrected chi connectivity index (χ3v) is 2.52. The van der Waals surface area contributed by atoms with E-state index in [9.17, 15) is 9.59 Å². The number of rotatable bonds is 4. The molecule has 2 N–H and O–H groups in total. The zero-order valence-corrected chi connectivity index (χ0v) is 10.7. The van der Waals surface area contributed by atoms with Gasteiger partial charge in [-0.2, -0.15) is 15.6 Å². The molecule has 19 heavy (non-hydrogen) atoms. The van der Waals surface area contributed by atoms with Gasteiger partial charge in [0.15, 0.2) is 0 Å². The predicted molar refractivity (Wildman–Crippen MR) is 64.7 cm³/mol. The molecule has 1 aliphatic rings. The summed E-state index contributed by atoms with van der Waals surface area (Å²) in [5, 5.41) is 22.1. The molecule has 1 atom stereocenters. The van der Waals surface area contributed by atoms with Gasteiger partial charge in [-0.3, -0.25) is 15.0 Å². The highest BCUT2D eigenvalue weighted by Crippen LogP contribution is 2.24. The fourth-order valence-electron chi connectivity index (χ4n) is 1.78. The molecule has 2 amide bonds. The predicted octanol–water partition coefficient (Wildman–Crippen LogP) is -0.241. The molecule has 8 heteroatoms. The highest BCUT2D eigenvalue weighted by Gasteiger charge is 2.40. The van der Waals surface area contributed by atoms with Crippen LogP contribution in [-0.2, 0) is 9.59 Å². The van der Waals surface area contributed by atoms with Gasteiger partial charge >= 0.3 is 0 Å². The molecule has 0 bridgehead atoms. The summed E-state index contributed by atoms with van der Waals surface area (Å²) in [6.45, 7) is 3.42. The Kier molecular flexibility index (Phi) is 4.56. The van der Waals surface area contributed by atoms with Crippen LogP contribution in [0.5, 0.6) is 0 Å². The lowest BCUT2D eigenvalue weighted by Crippen LogP contribution is -2.60. The fourth-order valence-corrected chi connectivity index (χ4v) is 1.78. The molecule has 100 valence electrons. The highest BCUT2D eigenvalue weighted by atomic mass is 16.2. The lowest BCUT2D eigenvalue weighted by molar-refractivity contribution is -0.138. The van der Waals surface area contributed by atoms with E-state index in [1.165, 1.54) is 0 Å². The Morgan fingerprint density at radius 1 is 1.42 bits per heavy atom. The molecule has 0 aliphatic carbocycles. The van der Waals surface area contributed by atoms with E-state index >= 15 is 0 Å². The van der Waals surface area contributed by atoms with Gasteiger partial charge in [0.1, 0.15) is 18.5 Å². The van der Waals surface area contributed by atoms with Gasteiger partial charge in [0.05, 0.1) is 12.1 Å². The number of hydrogen-bond donors (Lipinski definition) is 2. The van der Waals surface area contributed by atoms with Gasteiger partial charge in [-0.25, -0.2) is 10.4 Å². The standard InChI is InChI=1S/C11H14N6O2/c1-8-7-11(2,16-14-9(18)3-5-12)17(15-8)10(19)4-6-13/h16H,3-4,7H2,1-2H3,(H,14,18). The van der Waals surface area contributed by atoms with E-state index in [4.69, 9.17) is 10.5 Å². The van der Waals surface area contributed by atoms with Crippen molar-refractivity contribution in [1.29, 1.82) is 10.5 Å². The molecule has 0 spiro atoms. The molecule has 0 fully saturated rings. The topological polar surface area (TPSA) is 121 Å². The van der Waals surface area contributed by atoms with Gasteiger partial charge in [-0.05, 0) is 13.8 Å². The van der Waals surface area contributed by atoms with Crippen LogP contribution in [0, 0.1) is 22.7 Å². The lowest BCUT2D eigenvalue weighted by Gasteiger charge is -2.33. The minimum atomic E-state index is -0.927. The number of carbonyl (C=O) groups is 2. The first-order valence-corrected chi connectivity index (χ1v) is 5.60. The van der Waals surface area contributed by atoms with E-state index in [1.54, 1.807) is 26.0 Å².